The van der Waals surface area contributed by atoms with Gasteiger partial charge in [0, 0.05) is 5.69 Å². The van der Waals surface area contributed by atoms with E-state index in [2.05, 4.69) is 5.32 Å². The second-order valence-corrected chi connectivity index (χ2v) is 5.76. The molecule has 0 spiro atoms. The molecule has 0 radical (unpaired) electrons. The average Bonchev–Trinajstić information content (AvgIpc) is 2.78. The van der Waals surface area contributed by atoms with E-state index in [-0.39, 0.29) is 18.2 Å². The highest BCUT2D eigenvalue weighted by molar-refractivity contribution is 6.23. The summed E-state index contributed by atoms with van der Waals surface area (Å²) in [6.07, 6.45) is 0.0868. The number of halogens is 1. The second kappa shape index (κ2) is 5.83. The molecule has 2 aromatic rings. The lowest BCUT2D eigenvalue weighted by Gasteiger charge is -2.17. The summed E-state index contributed by atoms with van der Waals surface area (Å²) in [5.41, 5.74) is 3.38. The summed E-state index contributed by atoms with van der Waals surface area (Å²) in [4.78, 5) is 25.8. The molecule has 0 saturated carbocycles. The molecule has 2 aromatic carbocycles. The van der Waals surface area contributed by atoms with Gasteiger partial charge in [-0.3, -0.25) is 9.59 Å². The second-order valence-electron chi connectivity index (χ2n) is 5.76. The van der Waals surface area contributed by atoms with E-state index in [1.165, 1.54) is 24.3 Å². The minimum atomic E-state index is -0.603. The zero-order valence-electron chi connectivity index (χ0n) is 13.0. The fraction of sp³-hybridized carbons (Fsp3) is 0.222. The third kappa shape index (κ3) is 2.95. The van der Waals surface area contributed by atoms with Crippen LogP contribution in [-0.2, 0) is 9.59 Å². The number of carbonyl (C=O) groups is 2. The Labute approximate surface area is 133 Å². The minimum Gasteiger partial charge on any atom is -0.373 e. The van der Waals surface area contributed by atoms with Gasteiger partial charge in [0.2, 0.25) is 5.91 Å². The third-order valence-corrected chi connectivity index (χ3v) is 3.94. The average molecular weight is 312 g/mol. The van der Waals surface area contributed by atoms with Crippen LogP contribution in [0, 0.1) is 19.7 Å². The van der Waals surface area contributed by atoms with Gasteiger partial charge in [0.25, 0.3) is 5.91 Å². The van der Waals surface area contributed by atoms with Crippen molar-refractivity contribution in [3.8, 4) is 0 Å². The zero-order chi connectivity index (χ0) is 16.6. The Balaban J connectivity index is 1.82. The van der Waals surface area contributed by atoms with Gasteiger partial charge in [-0.1, -0.05) is 17.7 Å². The van der Waals surface area contributed by atoms with Gasteiger partial charge in [-0.2, -0.15) is 0 Å². The summed E-state index contributed by atoms with van der Waals surface area (Å²) in [6, 6.07) is 10.6. The fourth-order valence-corrected chi connectivity index (χ4v) is 2.77. The topological polar surface area (TPSA) is 49.4 Å². The van der Waals surface area contributed by atoms with Gasteiger partial charge in [-0.05, 0) is 49.7 Å². The Kier molecular flexibility index (Phi) is 3.86. The minimum absolute atomic E-state index is 0.0868. The zero-order valence-corrected chi connectivity index (χ0v) is 13.0. The highest BCUT2D eigenvalue weighted by Gasteiger charge is 2.39. The molecule has 5 heteroatoms. The number of nitrogens with zero attached hydrogens (tertiary/aromatic N) is 1. The normalized spacial score (nSPS) is 17.7. The van der Waals surface area contributed by atoms with Crippen LogP contribution < -0.4 is 10.2 Å². The summed E-state index contributed by atoms with van der Waals surface area (Å²) >= 11 is 0. The molecule has 1 atom stereocenters. The number of rotatable bonds is 3. The summed E-state index contributed by atoms with van der Waals surface area (Å²) in [5, 5.41) is 3.14. The van der Waals surface area contributed by atoms with Gasteiger partial charge in [-0.25, -0.2) is 9.29 Å². The molecule has 0 aromatic heterocycles. The lowest BCUT2D eigenvalue weighted by molar-refractivity contribution is -0.121. The summed E-state index contributed by atoms with van der Waals surface area (Å²) in [7, 11) is 0. The Hall–Kier alpha value is -2.69. The predicted molar refractivity (Wildman–Crippen MR) is 86.8 cm³/mol. The Morgan fingerprint density at radius 3 is 2.43 bits per heavy atom. The quantitative estimate of drug-likeness (QED) is 0.886. The molecule has 0 unspecified atom stereocenters. The molecule has 1 aliphatic rings. The molecule has 0 aliphatic carbocycles. The number of hydrogen-bond acceptors (Lipinski definition) is 3. The predicted octanol–water partition coefficient (Wildman–Crippen LogP) is 3.19. The highest BCUT2D eigenvalue weighted by atomic mass is 19.1. The Bertz CT molecular complexity index is 771. The summed E-state index contributed by atoms with van der Waals surface area (Å²) in [5.74, 6) is -1.01. The van der Waals surface area contributed by atoms with Crippen LogP contribution in [0.25, 0.3) is 0 Å². The molecule has 2 amide bonds. The van der Waals surface area contributed by atoms with Crippen molar-refractivity contribution in [2.75, 3.05) is 10.2 Å². The molecular weight excluding hydrogens is 295 g/mol. The van der Waals surface area contributed by atoms with Gasteiger partial charge in [0.15, 0.2) is 0 Å². The molecule has 1 saturated heterocycles. The van der Waals surface area contributed by atoms with Crippen LogP contribution in [0.4, 0.5) is 15.8 Å². The fourth-order valence-electron chi connectivity index (χ4n) is 2.77. The number of nitrogens with one attached hydrogen (secondary N) is 1. The largest absolute Gasteiger partial charge is 0.373 e. The first kappa shape index (κ1) is 15.2. The van der Waals surface area contributed by atoms with E-state index in [0.29, 0.717) is 5.69 Å². The van der Waals surface area contributed by atoms with Crippen LogP contribution in [0.2, 0.25) is 0 Å². The summed E-state index contributed by atoms with van der Waals surface area (Å²) in [6.45, 7) is 3.95. The van der Waals surface area contributed by atoms with E-state index in [1.807, 2.05) is 32.0 Å². The Morgan fingerprint density at radius 2 is 1.78 bits per heavy atom. The lowest BCUT2D eigenvalue weighted by atomic mass is 10.1. The molecule has 4 nitrogen and oxygen atoms in total. The first-order valence-corrected chi connectivity index (χ1v) is 7.42. The number of anilines is 2. The van der Waals surface area contributed by atoms with E-state index in [1.54, 1.807) is 0 Å². The first-order chi connectivity index (χ1) is 11.0. The van der Waals surface area contributed by atoms with Crippen molar-refractivity contribution in [2.24, 2.45) is 0 Å². The van der Waals surface area contributed by atoms with Gasteiger partial charge in [0.1, 0.15) is 11.9 Å². The number of amides is 2. The highest BCUT2D eigenvalue weighted by Crippen LogP contribution is 2.26. The van der Waals surface area contributed by atoms with Crippen molar-refractivity contribution in [2.45, 2.75) is 26.3 Å². The van der Waals surface area contributed by atoms with E-state index in [0.717, 1.165) is 21.7 Å². The summed E-state index contributed by atoms with van der Waals surface area (Å²) < 4.78 is 13.0. The number of imide groups is 1. The molecule has 0 bridgehead atoms. The molecule has 3 rings (SSSR count). The van der Waals surface area contributed by atoms with E-state index in [4.69, 9.17) is 0 Å². The van der Waals surface area contributed by atoms with Crippen LogP contribution in [-0.4, -0.2) is 17.9 Å². The van der Waals surface area contributed by atoms with Crippen LogP contribution in [0.1, 0.15) is 17.5 Å². The maximum atomic E-state index is 13.0. The van der Waals surface area contributed by atoms with Crippen molar-refractivity contribution in [3.63, 3.8) is 0 Å². The van der Waals surface area contributed by atoms with Gasteiger partial charge < -0.3 is 5.32 Å². The number of benzene rings is 2. The van der Waals surface area contributed by atoms with Crippen molar-refractivity contribution in [1.29, 1.82) is 0 Å². The number of hydrogen-bond donors (Lipinski definition) is 1. The van der Waals surface area contributed by atoms with Gasteiger partial charge in [-0.15, -0.1) is 0 Å². The van der Waals surface area contributed by atoms with Crippen LogP contribution in [0.3, 0.4) is 0 Å². The van der Waals surface area contributed by atoms with Crippen molar-refractivity contribution in [1.82, 2.24) is 0 Å². The molecule has 1 fully saturated rings. The van der Waals surface area contributed by atoms with Crippen LogP contribution in [0.15, 0.2) is 42.5 Å². The van der Waals surface area contributed by atoms with E-state index in [9.17, 15) is 14.0 Å². The SMILES string of the molecule is Cc1ccc(N[C@H]2CC(=O)N(c3ccc(F)cc3)C2=O)c(C)c1. The molecule has 1 N–H and O–H groups in total. The van der Waals surface area contributed by atoms with Crippen molar-refractivity contribution in [3.05, 3.63) is 59.4 Å². The molecule has 23 heavy (non-hydrogen) atoms. The standard InChI is InChI=1S/C18H17FN2O2/c1-11-3-8-15(12(2)9-11)20-16-10-17(22)21(18(16)23)14-6-4-13(19)5-7-14/h3-9,16,20H,10H2,1-2H3/t16-/m0/s1. The van der Waals surface area contributed by atoms with Crippen molar-refractivity contribution < 1.29 is 14.0 Å². The van der Waals surface area contributed by atoms with Gasteiger partial charge >= 0.3 is 0 Å². The monoisotopic (exact) mass is 312 g/mol. The van der Waals surface area contributed by atoms with Crippen LogP contribution >= 0.6 is 0 Å². The maximum Gasteiger partial charge on any atom is 0.256 e. The number of carbonyl (C=O) groups excluding carboxylic acids is 2. The van der Waals surface area contributed by atoms with Gasteiger partial charge in [0.05, 0.1) is 12.1 Å². The number of aryl methyl sites for hydroxylation is 2. The first-order valence-electron chi connectivity index (χ1n) is 7.42. The molecule has 1 heterocycles. The van der Waals surface area contributed by atoms with E-state index < -0.39 is 11.9 Å². The van der Waals surface area contributed by atoms with Crippen molar-refractivity contribution >= 4 is 23.2 Å². The molecular formula is C18H17FN2O2. The van der Waals surface area contributed by atoms with Crippen LogP contribution in [0.5, 0.6) is 0 Å². The van der Waals surface area contributed by atoms with E-state index >= 15 is 0 Å². The Morgan fingerprint density at radius 1 is 1.09 bits per heavy atom. The third-order valence-electron chi connectivity index (χ3n) is 3.94. The lowest BCUT2D eigenvalue weighted by Crippen LogP contribution is -2.34. The molecule has 118 valence electrons. The smallest absolute Gasteiger partial charge is 0.256 e. The maximum absolute atomic E-state index is 13.0. The molecule has 1 aliphatic heterocycles.